The van der Waals surface area contributed by atoms with Crippen LogP contribution in [0.4, 0.5) is 0 Å². The molecular formula is C93H107N5O2S2Y9-18. The first-order valence-corrected chi connectivity index (χ1v) is 35.6. The number of aromatic nitrogens is 5. The molecule has 0 fully saturated rings. The normalized spacial score (nSPS) is 8.22. The van der Waals surface area contributed by atoms with Gasteiger partial charge in [-0.25, -0.2) is 64.8 Å². The van der Waals surface area contributed by atoms with Gasteiger partial charge in [-0.1, -0.05) is 207 Å². The molecule has 0 unspecified atom stereocenters. The molecule has 0 aliphatic carbocycles. The van der Waals surface area contributed by atoms with Crippen LogP contribution in [0.1, 0.15) is 199 Å². The molecule has 0 saturated carbocycles. The number of hydrogen-bond acceptors (Lipinski definition) is 7. The number of nitrogens with one attached hydrogen (secondary N) is 2. The van der Waals surface area contributed by atoms with Gasteiger partial charge in [-0.3, -0.25) is 55.0 Å². The largest absolute Gasteiger partial charge is 0.630 e. The molecule has 9 heterocycles. The number of benzene rings is 3. The van der Waals surface area contributed by atoms with Crippen molar-refractivity contribution in [1.29, 1.82) is 0 Å². The van der Waals surface area contributed by atoms with E-state index in [0.717, 1.165) is 116 Å². The van der Waals surface area contributed by atoms with E-state index in [0.29, 0.717) is 5.76 Å². The topological polar surface area (TPSA) is 96.5 Å². The van der Waals surface area contributed by atoms with Crippen molar-refractivity contribution in [2.24, 2.45) is 0 Å². The summed E-state index contributed by atoms with van der Waals surface area (Å²) in [7, 11) is 0. The van der Waals surface area contributed by atoms with Crippen molar-refractivity contribution in [2.75, 3.05) is 0 Å². The predicted molar refractivity (Wildman–Crippen MR) is 446 cm³/mol. The van der Waals surface area contributed by atoms with Crippen LogP contribution in [0, 0.1) is 197 Å². The summed E-state index contributed by atoms with van der Waals surface area (Å²) >= 11 is 3.30. The van der Waals surface area contributed by atoms with E-state index in [1.807, 2.05) is 218 Å². The van der Waals surface area contributed by atoms with E-state index >= 15 is 0 Å². The summed E-state index contributed by atoms with van der Waals surface area (Å²) in [5.74, 6) is 2.38. The average molecular weight is 2190 g/mol. The SMILES string of the molecule is CC.CC.CC.CC.CC.CC.[CH-]=Cc1[c-][nH]c(C)c1C.[CH-]=Cc1[c-]c(C)c(C)[nH]1.[CH-]=Cc1[c-]c(C)c(C)o1.[CH-]=Cc1[c-]c(C)c(C)s1.[CH-]=Cc1[c-]cc2ccncc2c1.[CH-]=Cc1[c-]cc2cnccc2c1.[CH-]=Cc1[c-]cc2ncccc2c1.[CH-]=Cc1[c-]oc(C)c1C.[CH-]=Cc1[c-]sc(C)c1C.[Y].[Y].[Y].[Y].[Y].[Y].[Y].[Y].[Y]. The number of aryl methyl sites for hydroxylation is 9. The minimum Gasteiger partial charge on any atom is -0.630 e. The van der Waals surface area contributed by atoms with E-state index < -0.39 is 0 Å². The number of nitrogens with zero attached hydrogens (tertiary/aromatic N) is 3. The zero-order chi connectivity index (χ0) is 78.3. The Morgan fingerprint density at radius 2 is 0.901 bits per heavy atom. The van der Waals surface area contributed by atoms with E-state index in [1.165, 1.54) is 56.8 Å². The van der Waals surface area contributed by atoms with Crippen molar-refractivity contribution < 1.29 is 303 Å². The second-order valence-corrected chi connectivity index (χ2v) is 21.9. The summed E-state index contributed by atoms with van der Waals surface area (Å²) in [4.78, 5) is 21.8. The number of rotatable bonds is 9. The Labute approximate surface area is 909 Å². The maximum absolute atomic E-state index is 5.37. The second-order valence-electron chi connectivity index (χ2n) is 19.6. The molecule has 0 saturated heterocycles. The van der Waals surface area contributed by atoms with Crippen LogP contribution in [-0.4, -0.2) is 24.9 Å². The van der Waals surface area contributed by atoms with E-state index in [1.54, 1.807) is 65.6 Å². The molecule has 7 nitrogen and oxygen atoms in total. The van der Waals surface area contributed by atoms with Crippen LogP contribution in [-0.2, 0) is 294 Å². The number of aromatic amines is 2. The van der Waals surface area contributed by atoms with Crippen LogP contribution in [0.15, 0.2) is 100 Å². The number of furan rings is 2. The molecule has 0 bridgehead atoms. The van der Waals surface area contributed by atoms with Crippen LogP contribution >= 0.6 is 22.7 Å². The fourth-order valence-electron chi connectivity index (χ4n) is 7.32. The summed E-state index contributed by atoms with van der Waals surface area (Å²) in [5, 5.41) is 8.63. The Hall–Kier alpha value is 0.00506. The standard InChI is InChI=1S/3C11H7N.2C8H9N.2C8H8O.2C8H8S.6C2H6.9Y/c1-2-9-3-4-11-8-12-6-5-10(11)7-9;1-2-9-3-4-10-5-6-12-8-11(10)7-9;1-2-9-5-6-11-10(8-9)4-3-7-12-11;1-4-8-5-9-7(3)6(8)2;1-4-8-5-6(2)7(3)9-8;1-4-8-5-9-7(3)6(8)2;1-4-8-5-6(2)7(3)9-8;1-4-8-5-9-7(3)6(8)2;1-4-8-5-6(2)7(3)9-8;6*1-2;;;;;;;;;/h2*1-2,4-8H;1-4,6-8H;2*1,4,9H,2-3H3;4*1,4H,2-3H3;6*1-2H3;;;;;;;;;/q9*-2;;;;;;;;;;;;;;;. The average Bonchev–Trinajstić information content (AvgIpc) is 1.50. The quantitative estimate of drug-likeness (QED) is 0.140. The summed E-state index contributed by atoms with van der Waals surface area (Å²) < 4.78 is 10.1. The first-order valence-electron chi connectivity index (χ1n) is 34.0. The molecule has 2 N–H and O–H groups in total. The molecule has 0 spiro atoms. The van der Waals surface area contributed by atoms with Crippen LogP contribution in [0.3, 0.4) is 0 Å². The van der Waals surface area contributed by atoms with Crippen molar-refractivity contribution in [3.05, 3.63) is 321 Å². The molecule has 0 aliphatic heterocycles. The van der Waals surface area contributed by atoms with Crippen molar-refractivity contribution in [2.45, 2.75) is 166 Å². The first kappa shape index (κ1) is 137. The molecule has 0 amide bonds. The third-order valence-corrected chi connectivity index (χ3v) is 15.5. The zero-order valence-corrected chi connectivity index (χ0v) is 97.4. The van der Waals surface area contributed by atoms with E-state index in [9.17, 15) is 0 Å². The number of pyridine rings is 3. The molecule has 0 atom stereocenters. The molecule has 12 aromatic rings. The molecule has 18 heteroatoms. The molecule has 3 aromatic carbocycles. The van der Waals surface area contributed by atoms with Crippen molar-refractivity contribution in [1.82, 2.24) is 24.9 Å². The zero-order valence-electron chi connectivity index (χ0n) is 70.2. The Kier molecular flexibility index (Phi) is 107. The molecule has 12 rings (SSSR count). The van der Waals surface area contributed by atoms with Crippen molar-refractivity contribution >= 4 is 110 Å². The Bertz CT molecular complexity index is 3860. The predicted octanol–water partition coefficient (Wildman–Crippen LogP) is 26.8. The monoisotopic (exact) mass is 2190 g/mol. The molecule has 9 aromatic heterocycles. The van der Waals surface area contributed by atoms with Gasteiger partial charge in [-0.2, -0.15) is 40.6 Å². The minimum absolute atomic E-state index is 0. The van der Waals surface area contributed by atoms with Crippen LogP contribution in [0.5, 0.6) is 0 Å². The second kappa shape index (κ2) is 86.4. The summed E-state index contributed by atoms with van der Waals surface area (Å²) in [6.07, 6.45) is 28.3. The molecular weight excluding hydrogens is 2080 g/mol. The summed E-state index contributed by atoms with van der Waals surface area (Å²) in [6.45, 7) is 95.6. The van der Waals surface area contributed by atoms with Gasteiger partial charge in [-0.05, 0) is 29.3 Å². The fraction of sp³-hybridized carbons (Fsp3) is 0.258. The van der Waals surface area contributed by atoms with E-state index in [-0.39, 0.29) is 294 Å². The van der Waals surface area contributed by atoms with Gasteiger partial charge < -0.3 is 166 Å². The summed E-state index contributed by atoms with van der Waals surface area (Å²) in [5.41, 5.74) is 16.5. The molecule has 573 valence electrons. The third kappa shape index (κ3) is 54.8. The molecule has 111 heavy (non-hydrogen) atoms. The number of H-pyrrole nitrogens is 2. The van der Waals surface area contributed by atoms with Crippen molar-refractivity contribution in [3.8, 4) is 0 Å². The number of hydrogen-bond donors (Lipinski definition) is 2. The van der Waals surface area contributed by atoms with Crippen LogP contribution in [0.2, 0.25) is 0 Å². The van der Waals surface area contributed by atoms with Gasteiger partial charge in [0.25, 0.3) is 0 Å². The van der Waals surface area contributed by atoms with Gasteiger partial charge in [-0.15, -0.1) is 43.5 Å². The third-order valence-electron chi connectivity index (χ3n) is 13.5. The van der Waals surface area contributed by atoms with E-state index in [4.69, 9.17) is 68.0 Å². The van der Waals surface area contributed by atoms with Gasteiger partial charge >= 0.3 is 0 Å². The van der Waals surface area contributed by atoms with Crippen LogP contribution < -0.4 is 0 Å². The fourth-order valence-corrected chi connectivity index (χ4v) is 8.88. The van der Waals surface area contributed by atoms with E-state index in [2.05, 4.69) is 99.9 Å². The maximum atomic E-state index is 5.37. The Morgan fingerprint density at radius 3 is 1.23 bits per heavy atom. The number of fused-ring (bicyclic) bond motifs is 3. The van der Waals surface area contributed by atoms with Gasteiger partial charge in [0.15, 0.2) is 0 Å². The first-order chi connectivity index (χ1) is 49.2. The number of thiophene rings is 2. The van der Waals surface area contributed by atoms with Crippen LogP contribution in [0.25, 0.3) is 87.1 Å². The Balaban J connectivity index is -0.0000000969. The van der Waals surface area contributed by atoms with Gasteiger partial charge in [0, 0.05) is 319 Å². The van der Waals surface area contributed by atoms with Gasteiger partial charge in [0.05, 0.1) is 0 Å². The van der Waals surface area contributed by atoms with Gasteiger partial charge in [0.1, 0.15) is 0 Å². The smallest absolute Gasteiger partial charge is 0.0248 e. The minimum atomic E-state index is 0. The molecule has 0 aliphatic rings. The van der Waals surface area contributed by atoms with Crippen molar-refractivity contribution in [3.63, 3.8) is 0 Å². The Morgan fingerprint density at radius 1 is 0.414 bits per heavy atom. The summed E-state index contributed by atoms with van der Waals surface area (Å²) in [6, 6.07) is 37.6. The maximum Gasteiger partial charge on any atom is 0.0248 e. The molecule has 9 radical (unpaired) electrons. The van der Waals surface area contributed by atoms with Gasteiger partial charge in [0.2, 0.25) is 0 Å².